The van der Waals surface area contributed by atoms with Crippen LogP contribution in [-0.4, -0.2) is 35.1 Å². The van der Waals surface area contributed by atoms with Crippen LogP contribution in [0.15, 0.2) is 36.4 Å². The van der Waals surface area contributed by atoms with Gasteiger partial charge in [0, 0.05) is 5.56 Å². The molecule has 1 aliphatic rings. The molecule has 0 bridgehead atoms. The van der Waals surface area contributed by atoms with Gasteiger partial charge in [-0.1, -0.05) is 50.8 Å². The van der Waals surface area contributed by atoms with Crippen LogP contribution in [0.25, 0.3) is 0 Å². The lowest BCUT2D eigenvalue weighted by atomic mass is 9.87. The molecule has 112 valence electrons. The Balaban J connectivity index is 2.08. The zero-order valence-electron chi connectivity index (χ0n) is 12.7. The minimum atomic E-state index is -0.765. The fourth-order valence-corrected chi connectivity index (χ4v) is 2.09. The van der Waals surface area contributed by atoms with Crippen molar-refractivity contribution < 1.29 is 14.9 Å². The van der Waals surface area contributed by atoms with E-state index in [9.17, 15) is 5.11 Å². The number of rotatable bonds is 1. The molecule has 2 rings (SSSR count). The molecule has 1 heterocycles. The van der Waals surface area contributed by atoms with E-state index in [1.807, 2.05) is 12.1 Å². The molecule has 0 aliphatic carbocycles. The summed E-state index contributed by atoms with van der Waals surface area (Å²) in [6.45, 7) is 6.31. The van der Waals surface area contributed by atoms with Crippen LogP contribution in [0.3, 0.4) is 0 Å². The van der Waals surface area contributed by atoms with Crippen LogP contribution < -0.4 is 0 Å². The largest absolute Gasteiger partial charge is 0.394 e. The monoisotopic (exact) mass is 286 g/mol. The molecule has 0 radical (unpaired) electrons. The summed E-state index contributed by atoms with van der Waals surface area (Å²) >= 11 is 0. The molecule has 1 aromatic carbocycles. The van der Waals surface area contributed by atoms with Crippen molar-refractivity contribution in [3.05, 3.63) is 47.5 Å². The average Bonchev–Trinajstić information content (AvgIpc) is 2.46. The topological polar surface area (TPSA) is 49.7 Å². The average molecular weight is 286 g/mol. The molecule has 3 heteroatoms. The lowest BCUT2D eigenvalue weighted by Gasteiger charge is -2.25. The van der Waals surface area contributed by atoms with Gasteiger partial charge in [0.05, 0.1) is 6.61 Å². The van der Waals surface area contributed by atoms with E-state index >= 15 is 0 Å². The number of hydrogen-bond acceptors (Lipinski definition) is 3. The predicted molar refractivity (Wildman–Crippen MR) is 82.9 cm³/mol. The first kappa shape index (κ1) is 15.8. The van der Waals surface area contributed by atoms with Crippen molar-refractivity contribution in [2.24, 2.45) is 0 Å². The summed E-state index contributed by atoms with van der Waals surface area (Å²) < 4.78 is 5.49. The quantitative estimate of drug-likeness (QED) is 0.613. The number of hydrogen-bond donors (Lipinski definition) is 2. The van der Waals surface area contributed by atoms with Crippen molar-refractivity contribution in [2.75, 3.05) is 6.61 Å². The highest BCUT2D eigenvalue weighted by atomic mass is 16.5. The molecule has 0 amide bonds. The first-order valence-corrected chi connectivity index (χ1v) is 7.15. The minimum absolute atomic E-state index is 0.131. The van der Waals surface area contributed by atoms with E-state index in [-0.39, 0.29) is 12.0 Å². The Kier molecular flexibility index (Phi) is 4.84. The van der Waals surface area contributed by atoms with Crippen molar-refractivity contribution in [3.8, 4) is 11.8 Å². The Morgan fingerprint density at radius 2 is 1.81 bits per heavy atom. The summed E-state index contributed by atoms with van der Waals surface area (Å²) in [4.78, 5) is 0. The molecule has 0 fully saturated rings. The Morgan fingerprint density at radius 3 is 2.38 bits per heavy atom. The Morgan fingerprint density at radius 1 is 1.14 bits per heavy atom. The van der Waals surface area contributed by atoms with Crippen molar-refractivity contribution in [1.82, 2.24) is 0 Å². The zero-order chi connectivity index (χ0) is 15.5. The van der Waals surface area contributed by atoms with Gasteiger partial charge in [-0.25, -0.2) is 0 Å². The Hall–Kier alpha value is -1.60. The summed E-state index contributed by atoms with van der Waals surface area (Å²) in [5, 5.41) is 18.7. The molecule has 3 atom stereocenters. The van der Waals surface area contributed by atoms with E-state index in [1.165, 1.54) is 5.56 Å². The van der Waals surface area contributed by atoms with E-state index in [1.54, 1.807) is 12.2 Å². The van der Waals surface area contributed by atoms with Crippen LogP contribution >= 0.6 is 0 Å². The normalized spacial score (nSPS) is 25.3. The van der Waals surface area contributed by atoms with Gasteiger partial charge in [-0.3, -0.25) is 0 Å². The molecule has 0 spiro atoms. The minimum Gasteiger partial charge on any atom is -0.394 e. The van der Waals surface area contributed by atoms with Gasteiger partial charge in [0.1, 0.15) is 18.3 Å². The lowest BCUT2D eigenvalue weighted by molar-refractivity contribution is -0.0629. The fraction of sp³-hybridized carbons (Fsp3) is 0.444. The standard InChI is InChI=1S/C18H22O3/c1-18(2,3)14-7-4-13(5-8-14)6-9-15-10-11-16(20)17(12-19)21-15/h4-5,7-8,10-11,15-17,19-20H,12H2,1-3H3/t15-,16-,17-/m1/s1. The van der Waals surface area contributed by atoms with Crippen LogP contribution in [0.2, 0.25) is 0 Å². The molecular weight excluding hydrogens is 264 g/mol. The molecule has 21 heavy (non-hydrogen) atoms. The van der Waals surface area contributed by atoms with E-state index in [0.717, 1.165) is 5.56 Å². The van der Waals surface area contributed by atoms with Crippen LogP contribution in [0.5, 0.6) is 0 Å². The summed E-state index contributed by atoms with van der Waals surface area (Å²) in [5.74, 6) is 6.06. The SMILES string of the molecule is CC(C)(C)c1ccc(C#C[C@@H]2C=C[C@@H](O)[C@@H](CO)O2)cc1. The van der Waals surface area contributed by atoms with E-state index in [0.29, 0.717) is 0 Å². The number of aliphatic hydroxyl groups excluding tert-OH is 2. The van der Waals surface area contributed by atoms with Gasteiger partial charge in [0.25, 0.3) is 0 Å². The van der Waals surface area contributed by atoms with Gasteiger partial charge in [0.15, 0.2) is 0 Å². The molecule has 2 N–H and O–H groups in total. The molecule has 0 saturated carbocycles. The third-order valence-corrected chi connectivity index (χ3v) is 3.48. The second kappa shape index (κ2) is 6.44. The van der Waals surface area contributed by atoms with Gasteiger partial charge >= 0.3 is 0 Å². The molecule has 1 aromatic rings. The molecule has 1 aliphatic heterocycles. The highest BCUT2D eigenvalue weighted by Gasteiger charge is 2.23. The molecular formula is C18H22O3. The molecule has 0 aromatic heterocycles. The first-order valence-electron chi connectivity index (χ1n) is 7.15. The second-order valence-electron chi connectivity index (χ2n) is 6.25. The maximum atomic E-state index is 9.56. The smallest absolute Gasteiger partial charge is 0.137 e. The summed E-state index contributed by atoms with van der Waals surface area (Å²) in [7, 11) is 0. The fourth-order valence-electron chi connectivity index (χ4n) is 2.09. The van der Waals surface area contributed by atoms with Crippen molar-refractivity contribution in [3.63, 3.8) is 0 Å². The molecule has 0 unspecified atom stereocenters. The van der Waals surface area contributed by atoms with Gasteiger partial charge < -0.3 is 14.9 Å². The van der Waals surface area contributed by atoms with Crippen LogP contribution in [-0.2, 0) is 10.2 Å². The van der Waals surface area contributed by atoms with Crippen molar-refractivity contribution in [2.45, 2.75) is 44.5 Å². The molecule has 0 saturated heterocycles. The highest BCUT2D eigenvalue weighted by Crippen LogP contribution is 2.22. The number of benzene rings is 1. The van der Waals surface area contributed by atoms with Crippen LogP contribution in [0, 0.1) is 11.8 Å². The Labute approximate surface area is 126 Å². The predicted octanol–water partition coefficient (Wildman–Crippen LogP) is 2.01. The van der Waals surface area contributed by atoms with E-state index in [2.05, 4.69) is 44.7 Å². The van der Waals surface area contributed by atoms with Gasteiger partial charge in [-0.2, -0.15) is 0 Å². The summed E-state index contributed by atoms with van der Waals surface area (Å²) in [5.41, 5.74) is 2.32. The number of ether oxygens (including phenoxy) is 1. The summed E-state index contributed by atoms with van der Waals surface area (Å²) in [6.07, 6.45) is 1.57. The van der Waals surface area contributed by atoms with Gasteiger partial charge in [-0.15, -0.1) is 0 Å². The number of aliphatic hydroxyl groups is 2. The van der Waals surface area contributed by atoms with Crippen molar-refractivity contribution >= 4 is 0 Å². The molecule has 3 nitrogen and oxygen atoms in total. The third-order valence-electron chi connectivity index (χ3n) is 3.48. The third kappa shape index (κ3) is 4.18. The second-order valence-corrected chi connectivity index (χ2v) is 6.25. The summed E-state index contributed by atoms with van der Waals surface area (Å²) in [6, 6.07) is 8.17. The van der Waals surface area contributed by atoms with Gasteiger partial charge in [0.2, 0.25) is 0 Å². The maximum absolute atomic E-state index is 9.56. The van der Waals surface area contributed by atoms with Crippen LogP contribution in [0.4, 0.5) is 0 Å². The first-order chi connectivity index (χ1) is 9.90. The maximum Gasteiger partial charge on any atom is 0.137 e. The van der Waals surface area contributed by atoms with Crippen LogP contribution in [0.1, 0.15) is 31.9 Å². The zero-order valence-corrected chi connectivity index (χ0v) is 12.7. The highest BCUT2D eigenvalue weighted by molar-refractivity contribution is 5.39. The van der Waals surface area contributed by atoms with Gasteiger partial charge in [-0.05, 0) is 29.2 Å². The Bertz CT molecular complexity index is 555. The van der Waals surface area contributed by atoms with Crippen molar-refractivity contribution in [1.29, 1.82) is 0 Å². The lowest BCUT2D eigenvalue weighted by Crippen LogP contribution is -2.37. The van der Waals surface area contributed by atoms with E-state index in [4.69, 9.17) is 9.84 Å². The van der Waals surface area contributed by atoms with E-state index < -0.39 is 18.3 Å².